The maximum absolute atomic E-state index is 11.7. The lowest BCUT2D eigenvalue weighted by atomic mass is 10.1. The van der Waals surface area contributed by atoms with Gasteiger partial charge in [0.05, 0.1) is 22.9 Å². The molecule has 0 aromatic carbocycles. The van der Waals surface area contributed by atoms with Gasteiger partial charge in [-0.05, 0) is 6.42 Å². The second kappa shape index (κ2) is 8.80. The van der Waals surface area contributed by atoms with E-state index in [2.05, 4.69) is 5.32 Å². The maximum atomic E-state index is 11.7. The van der Waals surface area contributed by atoms with Crippen molar-refractivity contribution in [3.63, 3.8) is 0 Å². The number of nitrogens with two attached hydrogens (primary N) is 3. The Balaban J connectivity index is 4.48. The average molecular weight is 384 g/mol. The molecule has 0 heterocycles. The van der Waals surface area contributed by atoms with Crippen molar-refractivity contribution in [3.8, 4) is 0 Å². The summed E-state index contributed by atoms with van der Waals surface area (Å²) >= 11 is 1.82. The van der Waals surface area contributed by atoms with Gasteiger partial charge in [0.2, 0.25) is 17.7 Å². The average Bonchev–Trinajstić information content (AvgIpc) is 2.33. The van der Waals surface area contributed by atoms with Crippen LogP contribution in [0.5, 0.6) is 0 Å². The molecule has 0 aromatic rings. The zero-order chi connectivity index (χ0) is 15.0. The SMILES string of the molecule is NC(=O)CC[C@H](N)C(=O)N[C@@H](CC(N)=O)C(=O)CI. The van der Waals surface area contributed by atoms with Gasteiger partial charge in [-0.1, -0.05) is 22.6 Å². The first kappa shape index (κ1) is 17.8. The van der Waals surface area contributed by atoms with E-state index in [4.69, 9.17) is 17.2 Å². The molecule has 0 bridgehead atoms. The minimum Gasteiger partial charge on any atom is -0.370 e. The Hall–Kier alpha value is -1.23. The van der Waals surface area contributed by atoms with Crippen molar-refractivity contribution >= 4 is 46.1 Å². The molecule has 0 saturated heterocycles. The molecule has 7 N–H and O–H groups in total. The molecule has 3 amide bonds. The smallest absolute Gasteiger partial charge is 0.237 e. The van der Waals surface area contributed by atoms with Crippen molar-refractivity contribution in [3.05, 3.63) is 0 Å². The first-order valence-corrected chi connectivity index (χ1v) is 7.01. The van der Waals surface area contributed by atoms with Crippen LogP contribution in [0.25, 0.3) is 0 Å². The molecule has 0 aliphatic rings. The van der Waals surface area contributed by atoms with Gasteiger partial charge >= 0.3 is 0 Å². The van der Waals surface area contributed by atoms with Gasteiger partial charge in [-0.2, -0.15) is 0 Å². The van der Waals surface area contributed by atoms with Crippen LogP contribution in [-0.2, 0) is 19.2 Å². The van der Waals surface area contributed by atoms with Crippen LogP contribution in [0, 0.1) is 0 Å². The first-order chi connectivity index (χ1) is 8.77. The molecule has 108 valence electrons. The topological polar surface area (TPSA) is 158 Å². The highest BCUT2D eigenvalue weighted by Gasteiger charge is 2.24. The summed E-state index contributed by atoms with van der Waals surface area (Å²) < 4.78 is 0.131. The Morgan fingerprint density at radius 1 is 1.11 bits per heavy atom. The zero-order valence-corrected chi connectivity index (χ0v) is 12.4. The van der Waals surface area contributed by atoms with E-state index in [-0.39, 0.29) is 29.5 Å². The van der Waals surface area contributed by atoms with Crippen LogP contribution >= 0.6 is 22.6 Å². The number of carbonyl (C=O) groups is 4. The highest BCUT2D eigenvalue weighted by atomic mass is 127. The van der Waals surface area contributed by atoms with Crippen LogP contribution in [-0.4, -0.2) is 40.0 Å². The number of Topliss-reactive ketones (excluding diaryl/α,β-unsaturated/α-hetero) is 1. The van der Waals surface area contributed by atoms with Crippen molar-refractivity contribution in [2.45, 2.75) is 31.3 Å². The third-order valence-electron chi connectivity index (χ3n) is 2.28. The van der Waals surface area contributed by atoms with Crippen molar-refractivity contribution in [2.24, 2.45) is 17.2 Å². The largest absolute Gasteiger partial charge is 0.370 e. The highest BCUT2D eigenvalue weighted by Crippen LogP contribution is 2.00. The number of hydrogen-bond donors (Lipinski definition) is 4. The van der Waals surface area contributed by atoms with E-state index in [0.717, 1.165) is 0 Å². The van der Waals surface area contributed by atoms with E-state index in [1.54, 1.807) is 0 Å². The zero-order valence-electron chi connectivity index (χ0n) is 10.2. The van der Waals surface area contributed by atoms with Crippen molar-refractivity contribution < 1.29 is 19.2 Å². The van der Waals surface area contributed by atoms with Crippen molar-refractivity contribution in [1.82, 2.24) is 5.32 Å². The molecular formula is C10H17IN4O4. The Bertz CT molecular complexity index is 375. The number of halogens is 1. The molecule has 0 saturated carbocycles. The fraction of sp³-hybridized carbons (Fsp3) is 0.600. The molecule has 19 heavy (non-hydrogen) atoms. The minimum atomic E-state index is -0.985. The molecule has 0 aliphatic carbocycles. The summed E-state index contributed by atoms with van der Waals surface area (Å²) in [6.07, 6.45) is -0.242. The molecule has 0 rings (SSSR count). The Morgan fingerprint density at radius 3 is 2.11 bits per heavy atom. The summed E-state index contributed by atoms with van der Waals surface area (Å²) in [6, 6.07) is -1.95. The predicted molar refractivity (Wildman–Crippen MR) is 76.0 cm³/mol. The number of carbonyl (C=O) groups excluding carboxylic acids is 4. The lowest BCUT2D eigenvalue weighted by molar-refractivity contribution is -0.129. The van der Waals surface area contributed by atoms with Crippen LogP contribution in [0.3, 0.4) is 0 Å². The van der Waals surface area contributed by atoms with Crippen molar-refractivity contribution in [2.75, 3.05) is 4.43 Å². The summed E-state index contributed by atoms with van der Waals surface area (Å²) in [5.41, 5.74) is 15.5. The number of amides is 3. The van der Waals surface area contributed by atoms with Crippen LogP contribution in [0.15, 0.2) is 0 Å². The molecule has 0 unspecified atom stereocenters. The van der Waals surface area contributed by atoms with Crippen molar-refractivity contribution in [1.29, 1.82) is 0 Å². The number of rotatable bonds is 9. The third kappa shape index (κ3) is 7.72. The van der Waals surface area contributed by atoms with Gasteiger partial charge < -0.3 is 22.5 Å². The normalized spacial score (nSPS) is 13.4. The van der Waals surface area contributed by atoms with Gasteiger partial charge in [-0.15, -0.1) is 0 Å². The number of primary amides is 2. The maximum Gasteiger partial charge on any atom is 0.237 e. The summed E-state index contributed by atoms with van der Waals surface area (Å²) in [5, 5.41) is 2.35. The van der Waals surface area contributed by atoms with E-state index in [9.17, 15) is 19.2 Å². The Kier molecular flexibility index (Phi) is 8.23. The molecule has 0 aliphatic heterocycles. The monoisotopic (exact) mass is 384 g/mol. The third-order valence-corrected chi connectivity index (χ3v) is 3.03. The molecule has 0 fully saturated rings. The predicted octanol–water partition coefficient (Wildman–Crippen LogP) is -2.06. The van der Waals surface area contributed by atoms with E-state index < -0.39 is 29.8 Å². The fourth-order valence-corrected chi connectivity index (χ4v) is 1.78. The lowest BCUT2D eigenvalue weighted by Crippen LogP contribution is -2.50. The quantitative estimate of drug-likeness (QED) is 0.266. The molecule has 9 heteroatoms. The minimum absolute atomic E-state index is 0.0324. The molecule has 8 nitrogen and oxygen atoms in total. The number of ketones is 1. The van der Waals surface area contributed by atoms with Gasteiger partial charge in [0.1, 0.15) is 0 Å². The van der Waals surface area contributed by atoms with Gasteiger partial charge in [0.15, 0.2) is 5.78 Å². The van der Waals surface area contributed by atoms with Gasteiger partial charge in [0.25, 0.3) is 0 Å². The first-order valence-electron chi connectivity index (χ1n) is 5.49. The fourth-order valence-electron chi connectivity index (χ4n) is 1.25. The van der Waals surface area contributed by atoms with Crippen LogP contribution in [0.2, 0.25) is 0 Å². The Labute approximate surface area is 124 Å². The molecular weight excluding hydrogens is 367 g/mol. The van der Waals surface area contributed by atoms with E-state index in [1.165, 1.54) is 0 Å². The van der Waals surface area contributed by atoms with Crippen LogP contribution < -0.4 is 22.5 Å². The van der Waals surface area contributed by atoms with Crippen LogP contribution in [0.4, 0.5) is 0 Å². The standard InChI is InChI=1S/C10H17IN4O4/c11-4-7(16)6(3-9(14)18)15-10(19)5(12)1-2-8(13)17/h5-6H,1-4,12H2,(H2,13,17)(H2,14,18)(H,15,19)/t5-,6-/m0/s1. The molecule has 0 aromatic heterocycles. The second-order valence-corrected chi connectivity index (χ2v) is 4.71. The number of hydrogen-bond acceptors (Lipinski definition) is 5. The number of nitrogens with one attached hydrogen (secondary N) is 1. The summed E-state index contributed by atoms with van der Waals surface area (Å²) in [4.78, 5) is 44.6. The Morgan fingerprint density at radius 2 is 1.68 bits per heavy atom. The molecule has 0 spiro atoms. The lowest BCUT2D eigenvalue weighted by Gasteiger charge is -2.18. The van der Waals surface area contributed by atoms with E-state index in [1.807, 2.05) is 22.6 Å². The van der Waals surface area contributed by atoms with E-state index in [0.29, 0.717) is 0 Å². The summed E-state index contributed by atoms with van der Waals surface area (Å²) in [6.45, 7) is 0. The van der Waals surface area contributed by atoms with Gasteiger partial charge in [0, 0.05) is 6.42 Å². The summed E-state index contributed by atoms with van der Waals surface area (Å²) in [7, 11) is 0. The van der Waals surface area contributed by atoms with E-state index >= 15 is 0 Å². The summed E-state index contributed by atoms with van der Waals surface area (Å²) in [5.74, 6) is -2.21. The van der Waals surface area contributed by atoms with Gasteiger partial charge in [-0.3, -0.25) is 19.2 Å². The number of alkyl halides is 1. The molecule has 0 radical (unpaired) electrons. The van der Waals surface area contributed by atoms with Gasteiger partial charge in [-0.25, -0.2) is 0 Å². The molecule has 2 atom stereocenters. The second-order valence-electron chi connectivity index (χ2n) is 3.94. The van der Waals surface area contributed by atoms with Crippen LogP contribution in [0.1, 0.15) is 19.3 Å². The highest BCUT2D eigenvalue weighted by molar-refractivity contribution is 14.1.